The second kappa shape index (κ2) is 48.8. The molecule has 0 aliphatic rings. The maximum absolute atomic E-state index is 10.5. The molecule has 0 bridgehead atoms. The van der Waals surface area contributed by atoms with Gasteiger partial charge in [0, 0.05) is 13.8 Å². The summed E-state index contributed by atoms with van der Waals surface area (Å²) in [5.41, 5.74) is 2.82. The van der Waals surface area contributed by atoms with E-state index in [0.717, 1.165) is 25.7 Å². The molecule has 0 amide bonds. The van der Waals surface area contributed by atoms with Crippen LogP contribution < -0.4 is 0 Å². The first-order chi connectivity index (χ1) is 23.4. The monoisotopic (exact) mass is 673 g/mol. The van der Waals surface area contributed by atoms with Gasteiger partial charge in [-0.2, -0.15) is 0 Å². The van der Waals surface area contributed by atoms with Crippen LogP contribution in [0.25, 0.3) is 0 Å². The van der Waals surface area contributed by atoms with E-state index in [2.05, 4.69) is 76.2 Å². The van der Waals surface area contributed by atoms with Gasteiger partial charge in [-0.1, -0.05) is 206 Å². The number of carbonyl (C=O) groups excluding carboxylic acids is 2. The summed E-state index contributed by atoms with van der Waals surface area (Å²) in [5, 5.41) is 0. The number of unbranched alkanes of at least 4 members (excludes halogenated alkanes) is 14. The summed E-state index contributed by atoms with van der Waals surface area (Å²) >= 11 is 0. The van der Waals surface area contributed by atoms with Crippen LogP contribution in [0.2, 0.25) is 0 Å². The summed E-state index contributed by atoms with van der Waals surface area (Å²) in [7, 11) is 0. The first-order valence-electron chi connectivity index (χ1n) is 19.8. The molecule has 4 heteroatoms. The van der Waals surface area contributed by atoms with E-state index in [1.807, 2.05) is 39.8 Å². The zero-order valence-corrected chi connectivity index (χ0v) is 33.5. The highest BCUT2D eigenvalue weighted by atomic mass is 16.5. The number of esters is 2. The highest BCUT2D eigenvalue weighted by molar-refractivity contribution is 5.66. The van der Waals surface area contributed by atoms with Crippen LogP contribution in [-0.4, -0.2) is 25.2 Å². The van der Waals surface area contributed by atoms with E-state index in [1.165, 1.54) is 115 Å². The Morgan fingerprint density at radius 1 is 0.417 bits per heavy atom. The van der Waals surface area contributed by atoms with Gasteiger partial charge in [0.2, 0.25) is 0 Å². The van der Waals surface area contributed by atoms with Gasteiger partial charge >= 0.3 is 11.9 Å². The molecule has 280 valence electrons. The van der Waals surface area contributed by atoms with Gasteiger partial charge in [0.1, 0.15) is 0 Å². The first kappa shape index (κ1) is 52.2. The second-order valence-electron chi connectivity index (χ2n) is 11.3. The number of benzene rings is 2. The summed E-state index contributed by atoms with van der Waals surface area (Å²) < 4.78 is 9.68. The Balaban J connectivity index is -0.000000268. The summed E-state index contributed by atoms with van der Waals surface area (Å²) in [5.74, 6) is -0.320. The number of carbonyl (C=O) groups is 2. The van der Waals surface area contributed by atoms with E-state index < -0.39 is 0 Å². The van der Waals surface area contributed by atoms with Crippen LogP contribution in [0.4, 0.5) is 0 Å². The molecule has 48 heavy (non-hydrogen) atoms. The molecule has 0 fully saturated rings. The second-order valence-corrected chi connectivity index (χ2v) is 11.3. The van der Waals surface area contributed by atoms with Gasteiger partial charge in [-0.25, -0.2) is 0 Å². The minimum Gasteiger partial charge on any atom is -0.466 e. The van der Waals surface area contributed by atoms with Crippen molar-refractivity contribution in [2.45, 2.75) is 185 Å². The number of hydrogen-bond donors (Lipinski definition) is 0. The molecule has 0 N–H and O–H groups in total. The third-order valence-corrected chi connectivity index (χ3v) is 7.11. The lowest BCUT2D eigenvalue weighted by molar-refractivity contribution is -0.142. The van der Waals surface area contributed by atoms with E-state index in [1.54, 1.807) is 0 Å². The van der Waals surface area contributed by atoms with E-state index in [0.29, 0.717) is 13.2 Å². The van der Waals surface area contributed by atoms with Gasteiger partial charge in [0.05, 0.1) is 13.2 Å². The molecular formula is C44H80O4. The number of ether oxygens (including phenoxy) is 2. The minimum atomic E-state index is -0.163. The zero-order valence-electron chi connectivity index (χ0n) is 33.5. The van der Waals surface area contributed by atoms with E-state index in [4.69, 9.17) is 9.47 Å². The summed E-state index contributed by atoms with van der Waals surface area (Å²) in [6.45, 7) is 20.9. The third-order valence-electron chi connectivity index (χ3n) is 7.11. The summed E-state index contributed by atoms with van der Waals surface area (Å²) in [6, 6.07) is 20.9. The fourth-order valence-corrected chi connectivity index (χ4v) is 4.33. The molecular weight excluding hydrogens is 592 g/mol. The van der Waals surface area contributed by atoms with E-state index in [-0.39, 0.29) is 11.9 Å². The van der Waals surface area contributed by atoms with Crippen molar-refractivity contribution in [2.24, 2.45) is 0 Å². The molecule has 0 saturated heterocycles. The smallest absolute Gasteiger partial charge is 0.302 e. The standard InChI is InChI=1S/C14H28O2.C10H20O2.2C8H10.2C2H6/c1-3-4-5-6-7-8-9-10-11-12-13-16-14(2)15;1-3-4-5-6-7-8-9-12-10(2)11;2*1-2-8-6-4-3-5-7-8;2*1-2/h3-13H2,1-2H3;3-9H2,1-2H3;2*3-7H,2H2,1H3;2*1-2H3. The van der Waals surface area contributed by atoms with Crippen molar-refractivity contribution in [2.75, 3.05) is 13.2 Å². The highest BCUT2D eigenvalue weighted by Gasteiger charge is 1.95. The van der Waals surface area contributed by atoms with Gasteiger partial charge in [-0.3, -0.25) is 9.59 Å². The molecule has 0 spiro atoms. The normalized spacial score (nSPS) is 9.21. The molecule has 0 heterocycles. The van der Waals surface area contributed by atoms with Crippen molar-refractivity contribution < 1.29 is 19.1 Å². The first-order valence-corrected chi connectivity index (χ1v) is 19.8. The van der Waals surface area contributed by atoms with Gasteiger partial charge in [0.25, 0.3) is 0 Å². The largest absolute Gasteiger partial charge is 0.466 e. The van der Waals surface area contributed by atoms with Crippen molar-refractivity contribution in [1.29, 1.82) is 0 Å². The van der Waals surface area contributed by atoms with Crippen LogP contribution in [0.1, 0.15) is 183 Å². The lowest BCUT2D eigenvalue weighted by Crippen LogP contribution is -2.00. The van der Waals surface area contributed by atoms with Crippen molar-refractivity contribution in [3.05, 3.63) is 71.8 Å². The van der Waals surface area contributed by atoms with Crippen molar-refractivity contribution in [3.8, 4) is 0 Å². The average Bonchev–Trinajstić information content (AvgIpc) is 3.13. The van der Waals surface area contributed by atoms with Gasteiger partial charge in [-0.05, 0) is 36.8 Å². The Bertz CT molecular complexity index is 796. The molecule has 0 radical (unpaired) electrons. The maximum Gasteiger partial charge on any atom is 0.302 e. The molecule has 2 rings (SSSR count). The topological polar surface area (TPSA) is 52.6 Å². The third kappa shape index (κ3) is 50.2. The lowest BCUT2D eigenvalue weighted by Gasteiger charge is -2.02. The fourth-order valence-electron chi connectivity index (χ4n) is 4.33. The van der Waals surface area contributed by atoms with Crippen molar-refractivity contribution in [3.63, 3.8) is 0 Å². The van der Waals surface area contributed by atoms with Crippen LogP contribution in [0.5, 0.6) is 0 Å². The number of rotatable bonds is 20. The van der Waals surface area contributed by atoms with Crippen LogP contribution in [-0.2, 0) is 31.9 Å². The Hall–Kier alpha value is -2.62. The zero-order chi connectivity index (χ0) is 36.9. The Kier molecular flexibility index (Phi) is 53.0. The summed E-state index contributed by atoms with van der Waals surface area (Å²) in [6.07, 6.45) is 22.8. The quantitative estimate of drug-likeness (QED) is 0.104. The van der Waals surface area contributed by atoms with Crippen LogP contribution >= 0.6 is 0 Å². The van der Waals surface area contributed by atoms with Gasteiger partial charge in [0.15, 0.2) is 0 Å². The number of hydrogen-bond acceptors (Lipinski definition) is 4. The molecule has 0 aromatic heterocycles. The summed E-state index contributed by atoms with van der Waals surface area (Å²) in [4.78, 5) is 20.8. The van der Waals surface area contributed by atoms with E-state index >= 15 is 0 Å². The maximum atomic E-state index is 10.5. The average molecular weight is 673 g/mol. The molecule has 0 saturated carbocycles. The van der Waals surface area contributed by atoms with Crippen LogP contribution in [0.15, 0.2) is 60.7 Å². The van der Waals surface area contributed by atoms with Crippen molar-refractivity contribution in [1.82, 2.24) is 0 Å². The minimum absolute atomic E-state index is 0.157. The molecule has 2 aromatic carbocycles. The van der Waals surface area contributed by atoms with Crippen LogP contribution in [0.3, 0.4) is 0 Å². The van der Waals surface area contributed by atoms with Crippen molar-refractivity contribution >= 4 is 11.9 Å². The fraction of sp³-hybridized carbons (Fsp3) is 0.682. The highest BCUT2D eigenvalue weighted by Crippen LogP contribution is 2.10. The molecule has 0 aliphatic heterocycles. The Morgan fingerprint density at radius 2 is 0.667 bits per heavy atom. The molecule has 0 unspecified atom stereocenters. The molecule has 4 nitrogen and oxygen atoms in total. The molecule has 2 aromatic rings. The predicted molar refractivity (Wildman–Crippen MR) is 213 cm³/mol. The SMILES string of the molecule is CC.CC.CCCCCCCCCCCCOC(C)=O.CCCCCCCCOC(C)=O.CCc1ccccc1.CCc1ccccc1. The Labute approximate surface area is 300 Å². The van der Waals surface area contributed by atoms with E-state index in [9.17, 15) is 9.59 Å². The Morgan fingerprint density at radius 3 is 0.875 bits per heavy atom. The van der Waals surface area contributed by atoms with Crippen LogP contribution in [0, 0.1) is 0 Å². The predicted octanol–water partition coefficient (Wildman–Crippen LogP) is 13.9. The van der Waals surface area contributed by atoms with Gasteiger partial charge < -0.3 is 9.47 Å². The molecule has 0 atom stereocenters. The molecule has 0 aliphatic carbocycles. The lowest BCUT2D eigenvalue weighted by atomic mass is 10.1. The van der Waals surface area contributed by atoms with Gasteiger partial charge in [-0.15, -0.1) is 0 Å². The number of aryl methyl sites for hydroxylation is 2.